The number of H-pyrrole nitrogens is 2. The van der Waals surface area contributed by atoms with Crippen molar-refractivity contribution >= 4 is 22.8 Å². The van der Waals surface area contributed by atoms with Gasteiger partial charge in [0.25, 0.3) is 0 Å². The largest absolute Gasteiger partial charge is 0.356 e. The Kier molecular flexibility index (Phi) is 1.99. The van der Waals surface area contributed by atoms with Gasteiger partial charge in [0.2, 0.25) is 0 Å². The summed E-state index contributed by atoms with van der Waals surface area (Å²) in [7, 11) is 0. The van der Waals surface area contributed by atoms with E-state index >= 15 is 0 Å². The number of nitrogens with zero attached hydrogens (tertiary/aromatic N) is 1. The van der Waals surface area contributed by atoms with Gasteiger partial charge in [-0.05, 0) is 36.0 Å². The predicted octanol–water partition coefficient (Wildman–Crippen LogP) is 3.04. The summed E-state index contributed by atoms with van der Waals surface area (Å²) < 4.78 is 0. The van der Waals surface area contributed by atoms with Gasteiger partial charge in [-0.25, -0.2) is 4.98 Å². The molecule has 0 saturated carbocycles. The molecule has 3 aromatic rings. The van der Waals surface area contributed by atoms with Crippen LogP contribution >= 0.6 is 11.8 Å². The maximum atomic E-state index is 4.47. The fraction of sp³-hybridized carbons (Fsp3) is 0. The van der Waals surface area contributed by atoms with Crippen LogP contribution in [0.15, 0.2) is 52.8 Å². The van der Waals surface area contributed by atoms with Gasteiger partial charge in [-0.15, -0.1) is 0 Å². The van der Waals surface area contributed by atoms with Gasteiger partial charge in [-0.2, -0.15) is 0 Å². The maximum Gasteiger partial charge on any atom is 0.172 e. The molecule has 4 heteroatoms. The number of aromatic amines is 2. The lowest BCUT2D eigenvalue weighted by Crippen LogP contribution is -1.74. The summed E-state index contributed by atoms with van der Waals surface area (Å²) in [5.41, 5.74) is 2.08. The molecular formula is C11H9N3S. The van der Waals surface area contributed by atoms with Crippen molar-refractivity contribution in [2.45, 2.75) is 10.2 Å². The van der Waals surface area contributed by atoms with Crippen molar-refractivity contribution < 1.29 is 0 Å². The fourth-order valence-electron chi connectivity index (χ4n) is 1.46. The summed E-state index contributed by atoms with van der Waals surface area (Å²) >= 11 is 1.60. The van der Waals surface area contributed by atoms with Crippen molar-refractivity contribution in [1.29, 1.82) is 0 Å². The molecule has 0 unspecified atom stereocenters. The van der Waals surface area contributed by atoms with Gasteiger partial charge >= 0.3 is 0 Å². The Morgan fingerprint density at radius 1 is 1.07 bits per heavy atom. The second-order valence-electron chi connectivity index (χ2n) is 3.20. The van der Waals surface area contributed by atoms with Gasteiger partial charge < -0.3 is 9.97 Å². The van der Waals surface area contributed by atoms with E-state index in [2.05, 4.69) is 15.0 Å². The molecule has 3 rings (SSSR count). The number of imidazole rings is 1. The van der Waals surface area contributed by atoms with E-state index in [4.69, 9.17) is 0 Å². The Balaban J connectivity index is 1.98. The zero-order chi connectivity index (χ0) is 10.1. The number of rotatable bonds is 2. The van der Waals surface area contributed by atoms with E-state index in [1.807, 2.05) is 42.6 Å². The van der Waals surface area contributed by atoms with E-state index < -0.39 is 0 Å². The van der Waals surface area contributed by atoms with Crippen molar-refractivity contribution in [2.24, 2.45) is 0 Å². The van der Waals surface area contributed by atoms with Crippen molar-refractivity contribution in [1.82, 2.24) is 15.0 Å². The normalized spacial score (nSPS) is 10.9. The molecule has 0 atom stereocenters. The Bertz CT molecular complexity index is 535. The average Bonchev–Trinajstić information content (AvgIpc) is 2.86. The van der Waals surface area contributed by atoms with Crippen molar-refractivity contribution in [2.75, 3.05) is 0 Å². The molecule has 2 aromatic heterocycles. The Labute approximate surface area is 90.9 Å². The highest BCUT2D eigenvalue weighted by Crippen LogP contribution is 2.25. The zero-order valence-corrected chi connectivity index (χ0v) is 8.71. The lowest BCUT2D eigenvalue weighted by atomic mass is 10.3. The summed E-state index contributed by atoms with van der Waals surface area (Å²) in [5, 5.41) is 2.01. The highest BCUT2D eigenvalue weighted by Gasteiger charge is 2.03. The van der Waals surface area contributed by atoms with Gasteiger partial charge in [-0.1, -0.05) is 12.1 Å². The van der Waals surface area contributed by atoms with E-state index in [0.717, 1.165) is 21.2 Å². The molecule has 0 saturated heterocycles. The predicted molar refractivity (Wildman–Crippen MR) is 61.0 cm³/mol. The topological polar surface area (TPSA) is 44.5 Å². The van der Waals surface area contributed by atoms with Crippen LogP contribution in [0, 0.1) is 0 Å². The highest BCUT2D eigenvalue weighted by atomic mass is 32.2. The van der Waals surface area contributed by atoms with E-state index in [1.165, 1.54) is 0 Å². The minimum absolute atomic E-state index is 0.915. The molecule has 0 aliphatic carbocycles. The van der Waals surface area contributed by atoms with Crippen molar-refractivity contribution in [3.63, 3.8) is 0 Å². The lowest BCUT2D eigenvalue weighted by molar-refractivity contribution is 1.07. The summed E-state index contributed by atoms with van der Waals surface area (Å²) in [6, 6.07) is 12.0. The third-order valence-corrected chi connectivity index (χ3v) is 3.00. The molecule has 74 valence electrons. The van der Waals surface area contributed by atoms with E-state index in [1.54, 1.807) is 11.8 Å². The maximum absolute atomic E-state index is 4.47. The first kappa shape index (κ1) is 8.61. The molecule has 3 nitrogen and oxygen atoms in total. The van der Waals surface area contributed by atoms with Gasteiger partial charge in [0, 0.05) is 6.20 Å². The number of benzene rings is 1. The molecular weight excluding hydrogens is 206 g/mol. The Morgan fingerprint density at radius 2 is 2.00 bits per heavy atom. The molecule has 0 aliphatic rings. The lowest BCUT2D eigenvalue weighted by Gasteiger charge is -1.90. The van der Waals surface area contributed by atoms with Crippen LogP contribution in [-0.4, -0.2) is 15.0 Å². The van der Waals surface area contributed by atoms with Gasteiger partial charge in [0.05, 0.1) is 16.1 Å². The molecule has 0 bridgehead atoms. The van der Waals surface area contributed by atoms with Crippen LogP contribution in [0.3, 0.4) is 0 Å². The van der Waals surface area contributed by atoms with Gasteiger partial charge in [0.15, 0.2) is 5.16 Å². The van der Waals surface area contributed by atoms with Crippen LogP contribution in [0.25, 0.3) is 11.0 Å². The standard InChI is InChI=1S/C11H9N3S/c1-2-5-9-8(4-1)13-11(14-9)15-10-6-3-7-12-10/h1-7,12H,(H,13,14). The smallest absolute Gasteiger partial charge is 0.172 e. The molecule has 2 N–H and O–H groups in total. The van der Waals surface area contributed by atoms with Crippen molar-refractivity contribution in [3.8, 4) is 0 Å². The second kappa shape index (κ2) is 3.47. The molecule has 2 heterocycles. The molecule has 15 heavy (non-hydrogen) atoms. The summed E-state index contributed by atoms with van der Waals surface area (Å²) in [5.74, 6) is 0. The fourth-order valence-corrected chi connectivity index (χ4v) is 2.25. The van der Waals surface area contributed by atoms with Crippen LogP contribution < -0.4 is 0 Å². The third-order valence-electron chi connectivity index (χ3n) is 2.14. The van der Waals surface area contributed by atoms with E-state index in [0.29, 0.717) is 0 Å². The molecule has 0 amide bonds. The number of hydrogen-bond acceptors (Lipinski definition) is 2. The molecule has 0 aliphatic heterocycles. The van der Waals surface area contributed by atoms with Gasteiger partial charge in [-0.3, -0.25) is 0 Å². The highest BCUT2D eigenvalue weighted by molar-refractivity contribution is 7.99. The molecule has 0 radical (unpaired) electrons. The minimum Gasteiger partial charge on any atom is -0.356 e. The first-order valence-corrected chi connectivity index (χ1v) is 5.49. The molecule has 1 aromatic carbocycles. The van der Waals surface area contributed by atoms with Crippen LogP contribution in [0.2, 0.25) is 0 Å². The van der Waals surface area contributed by atoms with Crippen molar-refractivity contribution in [3.05, 3.63) is 42.6 Å². The Morgan fingerprint density at radius 3 is 2.80 bits per heavy atom. The summed E-state index contributed by atoms with van der Waals surface area (Å²) in [6.45, 7) is 0. The Hall–Kier alpha value is -1.68. The van der Waals surface area contributed by atoms with E-state index in [-0.39, 0.29) is 0 Å². The van der Waals surface area contributed by atoms with E-state index in [9.17, 15) is 0 Å². The summed E-state index contributed by atoms with van der Waals surface area (Å²) in [4.78, 5) is 10.9. The third kappa shape index (κ3) is 1.64. The monoisotopic (exact) mass is 215 g/mol. The van der Waals surface area contributed by atoms with Gasteiger partial charge in [0.1, 0.15) is 0 Å². The number of para-hydroxylation sites is 2. The quantitative estimate of drug-likeness (QED) is 0.690. The van der Waals surface area contributed by atoms with Crippen LogP contribution in [0.4, 0.5) is 0 Å². The van der Waals surface area contributed by atoms with Crippen LogP contribution in [0.1, 0.15) is 0 Å². The molecule has 0 spiro atoms. The number of aromatic nitrogens is 3. The first-order valence-electron chi connectivity index (χ1n) is 4.68. The minimum atomic E-state index is 0.915. The SMILES string of the molecule is c1c[nH]c(Sc2nc3ccccc3[nH]2)c1. The molecule has 0 fully saturated rings. The second-order valence-corrected chi connectivity index (χ2v) is 4.23. The van der Waals surface area contributed by atoms with Crippen LogP contribution in [0.5, 0.6) is 0 Å². The zero-order valence-electron chi connectivity index (χ0n) is 7.90. The number of nitrogens with one attached hydrogen (secondary N) is 2. The average molecular weight is 215 g/mol. The first-order chi connectivity index (χ1) is 7.42. The summed E-state index contributed by atoms with van der Waals surface area (Å²) in [6.07, 6.45) is 1.91. The number of fused-ring (bicyclic) bond motifs is 1. The number of hydrogen-bond donors (Lipinski definition) is 2. The van der Waals surface area contributed by atoms with Crippen LogP contribution in [-0.2, 0) is 0 Å².